The molecule has 0 saturated carbocycles. The molecule has 52 heavy (non-hydrogen) atoms. The van der Waals surface area contributed by atoms with Crippen molar-refractivity contribution >= 4 is 81.4 Å². The first-order valence-corrected chi connectivity index (χ1v) is 21.4. The molecule has 0 saturated heterocycles. The molecule has 6 aromatic rings. The van der Waals surface area contributed by atoms with Crippen LogP contribution in [0, 0.1) is 0 Å². The van der Waals surface area contributed by atoms with Crippen molar-refractivity contribution in [3.05, 3.63) is 117 Å². The second kappa shape index (κ2) is 15.0. The number of thiazole rings is 2. The molecule has 12 nitrogen and oxygen atoms in total. The fourth-order valence-electron chi connectivity index (χ4n) is 6.44. The van der Waals surface area contributed by atoms with Gasteiger partial charge in [0.15, 0.2) is 10.3 Å². The van der Waals surface area contributed by atoms with Crippen molar-refractivity contribution in [2.75, 3.05) is 9.44 Å². The summed E-state index contributed by atoms with van der Waals surface area (Å²) in [5, 5.41) is 8.96. The Morgan fingerprint density at radius 2 is 1.37 bits per heavy atom. The number of sulfonamides is 2. The van der Waals surface area contributed by atoms with Gasteiger partial charge in [-0.25, -0.2) is 26.8 Å². The Morgan fingerprint density at radius 3 is 1.98 bits per heavy atom. The molecule has 5 N–H and O–H groups in total. The van der Waals surface area contributed by atoms with Crippen LogP contribution in [0.4, 0.5) is 10.3 Å². The Hall–Kier alpha value is -4.32. The first-order chi connectivity index (χ1) is 24.9. The molecule has 0 aliphatic heterocycles. The van der Waals surface area contributed by atoms with Crippen LogP contribution in [0.1, 0.15) is 28.7 Å². The third-order valence-electron chi connectivity index (χ3n) is 8.86. The number of amides is 1. The van der Waals surface area contributed by atoms with Gasteiger partial charge in [0.05, 0.1) is 9.79 Å². The molecule has 2 aliphatic carbocycles. The van der Waals surface area contributed by atoms with Crippen LogP contribution < -0.4 is 20.5 Å². The zero-order valence-electron chi connectivity index (χ0n) is 27.5. The lowest BCUT2D eigenvalue weighted by atomic mass is 10.1. The third-order valence-corrected chi connectivity index (χ3v) is 13.4. The summed E-state index contributed by atoms with van der Waals surface area (Å²) in [5.74, 6) is -0.0260. The molecule has 3 aromatic heterocycles. The Kier molecular flexibility index (Phi) is 10.4. The summed E-state index contributed by atoms with van der Waals surface area (Å²) in [5.41, 5.74) is 11.1. The topological polar surface area (TPSA) is 178 Å². The number of nitrogens with two attached hydrogens (primary N) is 1. The first kappa shape index (κ1) is 36.1. The van der Waals surface area contributed by atoms with Gasteiger partial charge >= 0.3 is 0 Å². The third kappa shape index (κ3) is 8.32. The van der Waals surface area contributed by atoms with E-state index in [4.69, 9.17) is 17.3 Å². The lowest BCUT2D eigenvalue weighted by Gasteiger charge is -2.12. The minimum Gasteiger partial charge on any atom is -0.353 e. The number of rotatable bonds is 10. The molecule has 2 aliphatic rings. The van der Waals surface area contributed by atoms with Crippen LogP contribution in [0.25, 0.3) is 10.9 Å². The predicted molar refractivity (Wildman–Crippen MR) is 205 cm³/mol. The molecular weight excluding hydrogens is 762 g/mol. The second-order valence-electron chi connectivity index (χ2n) is 12.5. The van der Waals surface area contributed by atoms with Gasteiger partial charge in [-0.3, -0.25) is 14.2 Å². The Bertz CT molecular complexity index is 2450. The average molecular weight is 796 g/mol. The standard InChI is InChI=1S/C23H21ClN4O3S2.C12H13N3O2S2/c24-18-2-4-21-16(11-18)5-8-28(21)9-6-22(29)26-19-12-15-1-3-20(14-17(15)13-19)33(30,31)27-23-25-7-10-32-23;13-10-5-8-1-2-11(7-9(8)6-10)19(16,17)15-12-14-3-4-18-12/h1-5,7-8,10-11,14,19H,6,9,12-13H2,(H,25,27)(H,26,29);1-4,7,10H,5-6,13H2,(H,14,15). The van der Waals surface area contributed by atoms with Crippen LogP contribution in [0.15, 0.2) is 99.8 Å². The summed E-state index contributed by atoms with van der Waals surface area (Å²) in [4.78, 5) is 20.9. The predicted octanol–water partition coefficient (Wildman–Crippen LogP) is 5.60. The van der Waals surface area contributed by atoms with Gasteiger partial charge in [-0.15, -0.1) is 22.7 Å². The van der Waals surface area contributed by atoms with E-state index in [9.17, 15) is 21.6 Å². The van der Waals surface area contributed by atoms with Crippen molar-refractivity contribution < 1.29 is 21.6 Å². The fourth-order valence-corrected chi connectivity index (χ4v) is 10.3. The summed E-state index contributed by atoms with van der Waals surface area (Å²) in [6, 6.07) is 18.0. The van der Waals surface area contributed by atoms with Crippen molar-refractivity contribution in [3.8, 4) is 0 Å². The van der Waals surface area contributed by atoms with Gasteiger partial charge in [-0.05, 0) is 96.5 Å². The molecule has 2 unspecified atom stereocenters. The SMILES string of the molecule is NC1Cc2ccc(S(=O)(=O)Nc3nccs3)cc2C1.O=C(CCn1ccc2cc(Cl)ccc21)NC1Cc2ccc(S(=O)(=O)Nc3nccs3)cc2C1. The van der Waals surface area contributed by atoms with E-state index >= 15 is 0 Å². The van der Waals surface area contributed by atoms with Gasteiger partial charge in [0.2, 0.25) is 5.91 Å². The van der Waals surface area contributed by atoms with Crippen molar-refractivity contribution in [2.24, 2.45) is 5.73 Å². The smallest absolute Gasteiger partial charge is 0.263 e. The minimum atomic E-state index is -3.70. The van der Waals surface area contributed by atoms with Gasteiger partial charge in [0.25, 0.3) is 20.0 Å². The van der Waals surface area contributed by atoms with Gasteiger partial charge in [0.1, 0.15) is 0 Å². The highest BCUT2D eigenvalue weighted by molar-refractivity contribution is 7.93. The van der Waals surface area contributed by atoms with Crippen LogP contribution in [0.5, 0.6) is 0 Å². The van der Waals surface area contributed by atoms with E-state index in [0.717, 1.165) is 46.0 Å². The van der Waals surface area contributed by atoms with Crippen molar-refractivity contribution in [3.63, 3.8) is 0 Å². The number of carbonyl (C=O) groups excluding carboxylic acids is 1. The number of hydrogen-bond acceptors (Lipinski definition) is 10. The zero-order chi connectivity index (χ0) is 36.5. The normalized spacial score (nSPS) is 16.5. The highest BCUT2D eigenvalue weighted by atomic mass is 35.5. The molecule has 0 radical (unpaired) electrons. The van der Waals surface area contributed by atoms with Crippen molar-refractivity contribution in [1.82, 2.24) is 19.9 Å². The zero-order valence-corrected chi connectivity index (χ0v) is 31.6. The van der Waals surface area contributed by atoms with Crippen LogP contribution >= 0.6 is 34.3 Å². The Morgan fingerprint density at radius 1 is 0.788 bits per heavy atom. The molecule has 2 atom stereocenters. The van der Waals surface area contributed by atoms with Gasteiger partial charge in [0, 0.05) is 70.3 Å². The van der Waals surface area contributed by atoms with E-state index in [1.54, 1.807) is 47.4 Å². The number of anilines is 2. The van der Waals surface area contributed by atoms with Gasteiger partial charge in [-0.1, -0.05) is 23.7 Å². The molecule has 8 rings (SSSR count). The first-order valence-electron chi connectivity index (χ1n) is 16.3. The maximum absolute atomic E-state index is 12.6. The molecule has 1 amide bonds. The molecular formula is C35H34ClN7O5S4. The number of aryl methyl sites for hydroxylation is 1. The van der Waals surface area contributed by atoms with E-state index in [1.165, 1.54) is 22.7 Å². The average Bonchev–Trinajstić information content (AvgIpc) is 3.94. The minimum absolute atomic E-state index is 0.0260. The van der Waals surface area contributed by atoms with E-state index in [2.05, 4.69) is 24.7 Å². The number of benzene rings is 3. The molecule has 0 bridgehead atoms. The number of nitrogens with one attached hydrogen (secondary N) is 3. The maximum atomic E-state index is 12.6. The number of fused-ring (bicyclic) bond motifs is 3. The summed E-state index contributed by atoms with van der Waals surface area (Å²) in [6.07, 6.45) is 8.26. The lowest BCUT2D eigenvalue weighted by Crippen LogP contribution is -2.35. The molecule has 3 aromatic carbocycles. The molecule has 3 heterocycles. The highest BCUT2D eigenvalue weighted by Gasteiger charge is 2.26. The molecule has 270 valence electrons. The second-order valence-corrected chi connectivity index (χ2v) is 18.1. The van der Waals surface area contributed by atoms with E-state index < -0.39 is 20.0 Å². The van der Waals surface area contributed by atoms with Crippen molar-refractivity contribution in [1.29, 1.82) is 0 Å². The Labute approximate surface area is 314 Å². The highest BCUT2D eigenvalue weighted by Crippen LogP contribution is 2.28. The molecule has 0 spiro atoms. The number of hydrogen-bond donors (Lipinski definition) is 4. The van der Waals surface area contributed by atoms with E-state index in [1.807, 2.05) is 47.2 Å². The van der Waals surface area contributed by atoms with Crippen LogP contribution in [0.2, 0.25) is 5.02 Å². The summed E-state index contributed by atoms with van der Waals surface area (Å²) in [7, 11) is -7.27. The summed E-state index contributed by atoms with van der Waals surface area (Å²) >= 11 is 8.52. The van der Waals surface area contributed by atoms with Crippen molar-refractivity contribution in [2.45, 2.75) is 60.5 Å². The number of aromatic nitrogens is 3. The largest absolute Gasteiger partial charge is 0.353 e. The maximum Gasteiger partial charge on any atom is 0.263 e. The number of nitrogens with zero attached hydrogens (tertiary/aromatic N) is 3. The van der Waals surface area contributed by atoms with Crippen LogP contribution in [-0.2, 0) is 57.1 Å². The van der Waals surface area contributed by atoms with Crippen LogP contribution in [-0.4, -0.2) is 49.4 Å². The van der Waals surface area contributed by atoms with Gasteiger partial charge < -0.3 is 15.6 Å². The van der Waals surface area contributed by atoms with E-state index in [-0.39, 0.29) is 27.8 Å². The van der Waals surface area contributed by atoms with E-state index in [0.29, 0.717) is 41.1 Å². The summed E-state index contributed by atoms with van der Waals surface area (Å²) < 4.78 is 56.7. The Balaban J connectivity index is 0.000000187. The number of halogens is 1. The molecule has 0 fully saturated rings. The fraction of sp³-hybridized carbons (Fsp3) is 0.229. The lowest BCUT2D eigenvalue weighted by molar-refractivity contribution is -0.121. The van der Waals surface area contributed by atoms with Crippen LogP contribution in [0.3, 0.4) is 0 Å². The summed E-state index contributed by atoms with van der Waals surface area (Å²) in [6.45, 7) is 0.571. The quantitative estimate of drug-likeness (QED) is 0.139. The van der Waals surface area contributed by atoms with Gasteiger partial charge in [-0.2, -0.15) is 0 Å². The monoisotopic (exact) mass is 795 g/mol. The number of carbonyl (C=O) groups is 1. The molecule has 17 heteroatoms.